The zero-order chi connectivity index (χ0) is 19.1. The SMILES string of the molecule is CC(C)(C)C(=O)NCCC(=O)NCc1ccc(OCC(F)(F)F)cc1. The first-order valence-corrected chi connectivity index (χ1v) is 7.81. The second kappa shape index (κ2) is 8.73. The highest BCUT2D eigenvalue weighted by atomic mass is 19.4. The van der Waals surface area contributed by atoms with Crippen molar-refractivity contribution in [1.82, 2.24) is 10.6 Å². The molecule has 0 aliphatic carbocycles. The Bertz CT molecular complexity index is 578. The van der Waals surface area contributed by atoms with Gasteiger partial charge in [-0.05, 0) is 17.7 Å². The number of rotatable bonds is 7. The number of nitrogens with one attached hydrogen (secondary N) is 2. The number of hydrogen-bond acceptors (Lipinski definition) is 3. The average Bonchev–Trinajstić information content (AvgIpc) is 2.50. The van der Waals surface area contributed by atoms with Crippen LogP contribution in [0.4, 0.5) is 13.2 Å². The van der Waals surface area contributed by atoms with Crippen molar-refractivity contribution < 1.29 is 27.5 Å². The zero-order valence-electron chi connectivity index (χ0n) is 14.5. The van der Waals surface area contributed by atoms with Crippen LogP contribution in [0.5, 0.6) is 5.75 Å². The smallest absolute Gasteiger partial charge is 0.422 e. The molecule has 140 valence electrons. The van der Waals surface area contributed by atoms with Gasteiger partial charge in [0.2, 0.25) is 11.8 Å². The summed E-state index contributed by atoms with van der Waals surface area (Å²) in [7, 11) is 0. The molecule has 1 rings (SSSR count). The number of carbonyl (C=O) groups is 2. The van der Waals surface area contributed by atoms with E-state index in [2.05, 4.69) is 15.4 Å². The maximum absolute atomic E-state index is 12.0. The lowest BCUT2D eigenvalue weighted by atomic mass is 9.96. The number of benzene rings is 1. The van der Waals surface area contributed by atoms with Crippen LogP contribution >= 0.6 is 0 Å². The third kappa shape index (κ3) is 8.97. The van der Waals surface area contributed by atoms with Crippen LogP contribution in [0.15, 0.2) is 24.3 Å². The molecule has 0 aliphatic rings. The molecule has 1 aromatic rings. The molecule has 2 amide bonds. The summed E-state index contributed by atoms with van der Waals surface area (Å²) in [5, 5.41) is 5.35. The maximum Gasteiger partial charge on any atom is 0.422 e. The lowest BCUT2D eigenvalue weighted by molar-refractivity contribution is -0.153. The minimum Gasteiger partial charge on any atom is -0.484 e. The monoisotopic (exact) mass is 360 g/mol. The summed E-state index contributed by atoms with van der Waals surface area (Å²) in [4.78, 5) is 23.4. The average molecular weight is 360 g/mol. The Balaban J connectivity index is 2.31. The highest BCUT2D eigenvalue weighted by Crippen LogP contribution is 2.18. The molecule has 2 N–H and O–H groups in total. The number of ether oxygens (including phenoxy) is 1. The predicted molar refractivity (Wildman–Crippen MR) is 86.9 cm³/mol. The molecule has 0 saturated carbocycles. The topological polar surface area (TPSA) is 67.4 Å². The van der Waals surface area contributed by atoms with Crippen molar-refractivity contribution in [2.75, 3.05) is 13.2 Å². The lowest BCUT2D eigenvalue weighted by Crippen LogP contribution is -2.37. The van der Waals surface area contributed by atoms with E-state index in [0.29, 0.717) is 0 Å². The Labute approximate surface area is 144 Å². The van der Waals surface area contributed by atoms with Crippen molar-refractivity contribution in [1.29, 1.82) is 0 Å². The van der Waals surface area contributed by atoms with Crippen molar-refractivity contribution in [3.63, 3.8) is 0 Å². The largest absolute Gasteiger partial charge is 0.484 e. The summed E-state index contributed by atoms with van der Waals surface area (Å²) in [6.45, 7) is 4.49. The van der Waals surface area contributed by atoms with Crippen LogP contribution in [0, 0.1) is 5.41 Å². The fourth-order valence-corrected chi connectivity index (χ4v) is 1.71. The molecular weight excluding hydrogens is 337 g/mol. The quantitative estimate of drug-likeness (QED) is 0.786. The number of halogens is 3. The third-order valence-electron chi connectivity index (χ3n) is 3.13. The molecule has 0 aromatic heterocycles. The summed E-state index contributed by atoms with van der Waals surface area (Å²) in [6, 6.07) is 5.98. The van der Waals surface area contributed by atoms with Gasteiger partial charge in [-0.1, -0.05) is 32.9 Å². The van der Waals surface area contributed by atoms with Gasteiger partial charge in [-0.3, -0.25) is 9.59 Å². The van der Waals surface area contributed by atoms with Gasteiger partial charge in [0, 0.05) is 24.9 Å². The molecule has 0 spiro atoms. The molecule has 0 bridgehead atoms. The van der Waals surface area contributed by atoms with Gasteiger partial charge >= 0.3 is 6.18 Å². The molecule has 0 aliphatic heterocycles. The minimum absolute atomic E-state index is 0.109. The summed E-state index contributed by atoms with van der Waals surface area (Å²) >= 11 is 0. The molecule has 0 fully saturated rings. The number of carbonyl (C=O) groups excluding carboxylic acids is 2. The van der Waals surface area contributed by atoms with Gasteiger partial charge in [-0.2, -0.15) is 13.2 Å². The van der Waals surface area contributed by atoms with Crippen molar-refractivity contribution in [3.05, 3.63) is 29.8 Å². The molecule has 8 heteroatoms. The van der Waals surface area contributed by atoms with E-state index in [4.69, 9.17) is 0 Å². The fourth-order valence-electron chi connectivity index (χ4n) is 1.71. The molecule has 0 radical (unpaired) electrons. The van der Waals surface area contributed by atoms with Crippen molar-refractivity contribution >= 4 is 11.8 Å². The van der Waals surface area contributed by atoms with E-state index in [-0.39, 0.29) is 37.1 Å². The lowest BCUT2D eigenvalue weighted by Gasteiger charge is -2.17. The summed E-state index contributed by atoms with van der Waals surface area (Å²) in [5.74, 6) is -0.251. The van der Waals surface area contributed by atoms with Crippen molar-refractivity contribution in [2.45, 2.75) is 39.9 Å². The normalized spacial score (nSPS) is 11.8. The van der Waals surface area contributed by atoms with Crippen LogP contribution in [-0.4, -0.2) is 31.1 Å². The summed E-state index contributed by atoms with van der Waals surface area (Å²) in [5.41, 5.74) is 0.221. The van der Waals surface area contributed by atoms with Crippen LogP contribution < -0.4 is 15.4 Å². The van der Waals surface area contributed by atoms with Crippen LogP contribution in [-0.2, 0) is 16.1 Å². The summed E-state index contributed by atoms with van der Waals surface area (Å²) < 4.78 is 40.7. The Hall–Kier alpha value is -2.25. The van der Waals surface area contributed by atoms with E-state index >= 15 is 0 Å². The van der Waals surface area contributed by atoms with E-state index in [1.807, 2.05) is 0 Å². The van der Waals surface area contributed by atoms with Crippen molar-refractivity contribution in [3.8, 4) is 5.75 Å². The highest BCUT2D eigenvalue weighted by molar-refractivity contribution is 5.82. The van der Waals surface area contributed by atoms with Crippen LogP contribution in [0.2, 0.25) is 0 Å². The molecule has 0 atom stereocenters. The van der Waals surface area contributed by atoms with E-state index in [1.54, 1.807) is 32.9 Å². The van der Waals surface area contributed by atoms with Gasteiger partial charge < -0.3 is 15.4 Å². The molecule has 25 heavy (non-hydrogen) atoms. The molecular formula is C17H23F3N2O3. The van der Waals surface area contributed by atoms with Crippen molar-refractivity contribution in [2.24, 2.45) is 5.41 Å². The van der Waals surface area contributed by atoms with Gasteiger partial charge in [-0.25, -0.2) is 0 Å². The van der Waals surface area contributed by atoms with Crippen LogP contribution in [0.25, 0.3) is 0 Å². The number of hydrogen-bond donors (Lipinski definition) is 2. The molecule has 0 unspecified atom stereocenters. The standard InChI is InChI=1S/C17H23F3N2O3/c1-16(2,3)15(24)21-9-8-14(23)22-10-12-4-6-13(7-5-12)25-11-17(18,19)20/h4-7H,8-11H2,1-3H3,(H,21,24)(H,22,23). The summed E-state index contributed by atoms with van der Waals surface area (Å²) in [6.07, 6.45) is -4.23. The molecule has 1 aromatic carbocycles. The third-order valence-corrected chi connectivity index (χ3v) is 3.13. The van der Waals surface area contributed by atoms with Gasteiger partial charge in [0.05, 0.1) is 0 Å². The second-order valence-corrected chi connectivity index (χ2v) is 6.58. The van der Waals surface area contributed by atoms with E-state index < -0.39 is 18.2 Å². The molecule has 0 heterocycles. The number of alkyl halides is 3. The first-order valence-electron chi connectivity index (χ1n) is 7.81. The Morgan fingerprint density at radius 2 is 1.64 bits per heavy atom. The Kier molecular flexibility index (Phi) is 7.26. The second-order valence-electron chi connectivity index (χ2n) is 6.58. The van der Waals surface area contributed by atoms with Gasteiger partial charge in [0.25, 0.3) is 0 Å². The highest BCUT2D eigenvalue weighted by Gasteiger charge is 2.28. The Morgan fingerprint density at radius 3 is 2.16 bits per heavy atom. The Morgan fingerprint density at radius 1 is 1.04 bits per heavy atom. The van der Waals surface area contributed by atoms with Gasteiger partial charge in [0.15, 0.2) is 6.61 Å². The first-order chi connectivity index (χ1) is 11.5. The molecule has 5 nitrogen and oxygen atoms in total. The minimum atomic E-state index is -4.38. The van der Waals surface area contributed by atoms with Crippen LogP contribution in [0.3, 0.4) is 0 Å². The van der Waals surface area contributed by atoms with E-state index in [1.165, 1.54) is 12.1 Å². The van der Waals surface area contributed by atoms with Gasteiger partial charge in [-0.15, -0.1) is 0 Å². The predicted octanol–water partition coefficient (Wildman–Crippen LogP) is 2.80. The van der Waals surface area contributed by atoms with E-state index in [9.17, 15) is 22.8 Å². The first kappa shape index (κ1) is 20.8. The van der Waals surface area contributed by atoms with Crippen LogP contribution in [0.1, 0.15) is 32.8 Å². The van der Waals surface area contributed by atoms with E-state index in [0.717, 1.165) is 5.56 Å². The fraction of sp³-hybridized carbons (Fsp3) is 0.529. The zero-order valence-corrected chi connectivity index (χ0v) is 14.5. The van der Waals surface area contributed by atoms with Gasteiger partial charge in [0.1, 0.15) is 5.75 Å². The molecule has 0 saturated heterocycles. The maximum atomic E-state index is 12.0. The number of amides is 2.